The Kier molecular flexibility index (Phi) is 6.07. The number of hydrogen-bond donors (Lipinski definition) is 1. The molecule has 1 aliphatic rings. The van der Waals surface area contributed by atoms with E-state index in [4.69, 9.17) is 11.6 Å². The van der Waals surface area contributed by atoms with Crippen molar-refractivity contribution in [1.82, 2.24) is 9.80 Å². The molecule has 0 bridgehead atoms. The summed E-state index contributed by atoms with van der Waals surface area (Å²) in [5, 5.41) is 13.3. The molecule has 1 fully saturated rings. The first-order chi connectivity index (χ1) is 10.5. The highest BCUT2D eigenvalue weighted by Gasteiger charge is 2.24. The molecular formula is C17H25ClN4. The zero-order valence-corrected chi connectivity index (χ0v) is 14.4. The average Bonchev–Trinajstić information content (AvgIpc) is 2.49. The zero-order valence-electron chi connectivity index (χ0n) is 13.6. The molecule has 1 atom stereocenters. The van der Waals surface area contributed by atoms with Gasteiger partial charge in [0.05, 0.1) is 11.3 Å². The zero-order chi connectivity index (χ0) is 16.1. The van der Waals surface area contributed by atoms with E-state index in [1.165, 1.54) is 0 Å². The number of nitrogens with one attached hydrogen (secondary N) is 1. The fourth-order valence-electron chi connectivity index (χ4n) is 2.91. The molecule has 2 rings (SSSR count). The fourth-order valence-corrected chi connectivity index (χ4v) is 3.09. The monoisotopic (exact) mass is 320 g/mol. The van der Waals surface area contributed by atoms with E-state index < -0.39 is 0 Å². The molecule has 4 nitrogen and oxygen atoms in total. The summed E-state index contributed by atoms with van der Waals surface area (Å²) in [7, 11) is 2.17. The highest BCUT2D eigenvalue weighted by atomic mass is 35.5. The molecule has 0 radical (unpaired) electrons. The summed E-state index contributed by atoms with van der Waals surface area (Å²) in [6.07, 6.45) is 0. The van der Waals surface area contributed by atoms with Crippen molar-refractivity contribution < 1.29 is 0 Å². The molecule has 1 aromatic carbocycles. The molecule has 0 aromatic heterocycles. The van der Waals surface area contributed by atoms with Crippen LogP contribution in [0.4, 0.5) is 5.69 Å². The van der Waals surface area contributed by atoms with Crippen LogP contribution in [-0.2, 0) is 0 Å². The third kappa shape index (κ3) is 4.36. The summed E-state index contributed by atoms with van der Waals surface area (Å²) in [6.45, 7) is 9.77. The molecule has 1 unspecified atom stereocenters. The standard InChI is InChI=1S/C17H25ClN4/c1-13(2)17(22-8-6-21(3)7-9-22)12-20-16-10-15(18)5-4-14(16)11-19/h4-5,10,13,17,20H,6-9,12H2,1-3H3. The second-order valence-corrected chi connectivity index (χ2v) is 6.77. The smallest absolute Gasteiger partial charge is 0.101 e. The van der Waals surface area contributed by atoms with Crippen LogP contribution in [0, 0.1) is 17.2 Å². The largest absolute Gasteiger partial charge is 0.382 e. The third-order valence-electron chi connectivity index (χ3n) is 4.38. The van der Waals surface area contributed by atoms with E-state index >= 15 is 0 Å². The minimum absolute atomic E-state index is 0.458. The van der Waals surface area contributed by atoms with E-state index in [1.54, 1.807) is 12.1 Å². The normalized spacial score (nSPS) is 18.2. The van der Waals surface area contributed by atoms with Crippen LogP contribution in [0.25, 0.3) is 0 Å². The van der Waals surface area contributed by atoms with E-state index in [2.05, 4.69) is 42.1 Å². The van der Waals surface area contributed by atoms with Crippen LogP contribution in [0.15, 0.2) is 18.2 Å². The molecule has 1 saturated heterocycles. The SMILES string of the molecule is CC(C)C(CNc1cc(Cl)ccc1C#N)N1CCN(C)CC1. The van der Waals surface area contributed by atoms with Crippen LogP contribution in [0.5, 0.6) is 0 Å². The molecule has 0 amide bonds. The number of nitriles is 1. The number of rotatable bonds is 5. The predicted octanol–water partition coefficient (Wildman–Crippen LogP) is 2.90. The van der Waals surface area contributed by atoms with Gasteiger partial charge in [-0.1, -0.05) is 25.4 Å². The maximum absolute atomic E-state index is 9.21. The molecule has 0 saturated carbocycles. The number of halogens is 1. The van der Waals surface area contributed by atoms with Gasteiger partial charge >= 0.3 is 0 Å². The van der Waals surface area contributed by atoms with Gasteiger partial charge in [-0.05, 0) is 31.2 Å². The average molecular weight is 321 g/mol. The minimum Gasteiger partial charge on any atom is -0.382 e. The lowest BCUT2D eigenvalue weighted by atomic mass is 10.0. The number of piperazine rings is 1. The lowest BCUT2D eigenvalue weighted by molar-refractivity contribution is 0.0944. The Morgan fingerprint density at radius 2 is 1.95 bits per heavy atom. The van der Waals surface area contributed by atoms with Crippen molar-refractivity contribution in [3.8, 4) is 6.07 Å². The van der Waals surface area contributed by atoms with E-state index in [-0.39, 0.29) is 0 Å². The van der Waals surface area contributed by atoms with Gasteiger partial charge in [0, 0.05) is 43.8 Å². The van der Waals surface area contributed by atoms with Crippen molar-refractivity contribution in [3.63, 3.8) is 0 Å². The van der Waals surface area contributed by atoms with Crippen LogP contribution >= 0.6 is 11.6 Å². The first kappa shape index (κ1) is 17.1. The molecule has 0 spiro atoms. The van der Waals surface area contributed by atoms with Crippen LogP contribution in [0.3, 0.4) is 0 Å². The number of nitrogens with zero attached hydrogens (tertiary/aromatic N) is 3. The van der Waals surface area contributed by atoms with Gasteiger partial charge < -0.3 is 10.2 Å². The number of likely N-dealkylation sites (N-methyl/N-ethyl adjacent to an activating group) is 1. The molecule has 0 aliphatic carbocycles. The highest BCUT2D eigenvalue weighted by molar-refractivity contribution is 6.30. The molecular weight excluding hydrogens is 296 g/mol. The molecule has 1 N–H and O–H groups in total. The Hall–Kier alpha value is -1.28. The summed E-state index contributed by atoms with van der Waals surface area (Å²) in [4.78, 5) is 4.92. The predicted molar refractivity (Wildman–Crippen MR) is 92.4 cm³/mol. The summed E-state index contributed by atoms with van der Waals surface area (Å²) in [5.41, 5.74) is 1.47. The van der Waals surface area contributed by atoms with Crippen molar-refractivity contribution in [1.29, 1.82) is 5.26 Å². The van der Waals surface area contributed by atoms with Gasteiger partial charge in [0.25, 0.3) is 0 Å². The van der Waals surface area contributed by atoms with Gasteiger partial charge in [-0.2, -0.15) is 5.26 Å². The van der Waals surface area contributed by atoms with Gasteiger partial charge in [0.2, 0.25) is 0 Å². The summed E-state index contributed by atoms with van der Waals surface area (Å²) < 4.78 is 0. The lowest BCUT2D eigenvalue weighted by Gasteiger charge is -2.40. The Bertz CT molecular complexity index is 530. The summed E-state index contributed by atoms with van der Waals surface area (Å²) in [6, 6.07) is 8.04. The Labute approximate surface area is 138 Å². The van der Waals surface area contributed by atoms with Crippen LogP contribution in [0.2, 0.25) is 5.02 Å². The number of benzene rings is 1. The van der Waals surface area contributed by atoms with Crippen LogP contribution in [-0.4, -0.2) is 55.6 Å². The second kappa shape index (κ2) is 7.82. The molecule has 1 aliphatic heterocycles. The van der Waals surface area contributed by atoms with Gasteiger partial charge in [-0.3, -0.25) is 4.90 Å². The third-order valence-corrected chi connectivity index (χ3v) is 4.62. The van der Waals surface area contributed by atoms with Crippen LogP contribution in [0.1, 0.15) is 19.4 Å². The maximum atomic E-state index is 9.21. The van der Waals surface area contributed by atoms with Crippen molar-refractivity contribution in [2.45, 2.75) is 19.9 Å². The van der Waals surface area contributed by atoms with Gasteiger partial charge in [-0.25, -0.2) is 0 Å². The van der Waals surface area contributed by atoms with Crippen molar-refractivity contribution in [2.75, 3.05) is 45.1 Å². The quantitative estimate of drug-likeness (QED) is 0.906. The topological polar surface area (TPSA) is 42.3 Å². The van der Waals surface area contributed by atoms with E-state index in [0.717, 1.165) is 38.4 Å². The molecule has 1 heterocycles. The molecule has 5 heteroatoms. The maximum Gasteiger partial charge on any atom is 0.101 e. The van der Waals surface area contributed by atoms with Crippen molar-refractivity contribution in [2.24, 2.45) is 5.92 Å². The Balaban J connectivity index is 2.03. The number of anilines is 1. The Morgan fingerprint density at radius 3 is 2.55 bits per heavy atom. The lowest BCUT2D eigenvalue weighted by Crippen LogP contribution is -2.52. The van der Waals surface area contributed by atoms with E-state index in [0.29, 0.717) is 22.5 Å². The molecule has 1 aromatic rings. The van der Waals surface area contributed by atoms with Crippen molar-refractivity contribution in [3.05, 3.63) is 28.8 Å². The van der Waals surface area contributed by atoms with Gasteiger partial charge in [-0.15, -0.1) is 0 Å². The summed E-state index contributed by atoms with van der Waals surface area (Å²) in [5.74, 6) is 0.556. The van der Waals surface area contributed by atoms with E-state index in [1.807, 2.05) is 6.07 Å². The molecule has 120 valence electrons. The van der Waals surface area contributed by atoms with Crippen LogP contribution < -0.4 is 5.32 Å². The number of hydrogen-bond acceptors (Lipinski definition) is 4. The van der Waals surface area contributed by atoms with Gasteiger partial charge in [0.1, 0.15) is 6.07 Å². The van der Waals surface area contributed by atoms with Crippen molar-refractivity contribution >= 4 is 17.3 Å². The van der Waals surface area contributed by atoms with E-state index in [9.17, 15) is 5.26 Å². The highest BCUT2D eigenvalue weighted by Crippen LogP contribution is 2.22. The first-order valence-electron chi connectivity index (χ1n) is 7.87. The fraction of sp³-hybridized carbons (Fsp3) is 0.588. The second-order valence-electron chi connectivity index (χ2n) is 6.33. The molecule has 22 heavy (non-hydrogen) atoms. The Morgan fingerprint density at radius 1 is 1.27 bits per heavy atom. The minimum atomic E-state index is 0.458. The summed E-state index contributed by atoms with van der Waals surface area (Å²) >= 11 is 6.05. The van der Waals surface area contributed by atoms with Gasteiger partial charge in [0.15, 0.2) is 0 Å². The first-order valence-corrected chi connectivity index (χ1v) is 8.25.